The average molecular weight is 349 g/mol. The van der Waals surface area contributed by atoms with E-state index in [2.05, 4.69) is 5.32 Å². The first-order valence-corrected chi connectivity index (χ1v) is 8.17. The predicted octanol–water partition coefficient (Wildman–Crippen LogP) is 3.42. The smallest absolute Gasteiger partial charge is 0.307 e. The number of anilines is 1. The van der Waals surface area contributed by atoms with Crippen molar-refractivity contribution in [2.24, 2.45) is 0 Å². The van der Waals surface area contributed by atoms with Crippen molar-refractivity contribution in [2.45, 2.75) is 25.9 Å². The highest BCUT2D eigenvalue weighted by Crippen LogP contribution is 2.14. The van der Waals surface area contributed by atoms with E-state index in [1.54, 1.807) is 23.6 Å². The van der Waals surface area contributed by atoms with E-state index in [-0.39, 0.29) is 24.3 Å². The maximum absolute atomic E-state index is 13.5. The Morgan fingerprint density at radius 1 is 1.17 bits per heavy atom. The third-order valence-electron chi connectivity index (χ3n) is 3.16. The molecule has 0 bridgehead atoms. The number of halogens is 1. The van der Waals surface area contributed by atoms with Crippen molar-refractivity contribution in [1.82, 2.24) is 0 Å². The van der Waals surface area contributed by atoms with E-state index in [1.165, 1.54) is 36.5 Å². The van der Waals surface area contributed by atoms with Crippen LogP contribution in [0.5, 0.6) is 0 Å². The Labute approximate surface area is 142 Å². The van der Waals surface area contributed by atoms with Gasteiger partial charge >= 0.3 is 5.97 Å². The number of para-hydroxylation sites is 1. The maximum Gasteiger partial charge on any atom is 0.307 e. The van der Waals surface area contributed by atoms with Crippen LogP contribution in [0.25, 0.3) is 0 Å². The average Bonchev–Trinajstić information content (AvgIpc) is 3.09. The van der Waals surface area contributed by atoms with Gasteiger partial charge in [0, 0.05) is 6.42 Å². The Morgan fingerprint density at radius 2 is 1.92 bits per heavy atom. The summed E-state index contributed by atoms with van der Waals surface area (Å²) in [6, 6.07) is 9.13. The van der Waals surface area contributed by atoms with Gasteiger partial charge in [0.1, 0.15) is 5.82 Å². The molecule has 0 aliphatic rings. The molecule has 1 aromatic carbocycles. The number of amides is 1. The van der Waals surface area contributed by atoms with Gasteiger partial charge in [0.15, 0.2) is 11.9 Å². The molecule has 0 unspecified atom stereocenters. The van der Waals surface area contributed by atoms with E-state index in [0.29, 0.717) is 4.88 Å². The monoisotopic (exact) mass is 349 g/mol. The molecule has 0 radical (unpaired) electrons. The number of Topliss-reactive ketones (excluding diaryl/α,β-unsaturated/α-hetero) is 1. The molecule has 0 fully saturated rings. The fourth-order valence-electron chi connectivity index (χ4n) is 1.88. The number of rotatable bonds is 7. The molecule has 1 amide bonds. The van der Waals surface area contributed by atoms with Gasteiger partial charge in [-0.05, 0) is 30.5 Å². The highest BCUT2D eigenvalue weighted by Gasteiger charge is 2.19. The molecule has 126 valence electrons. The first-order valence-electron chi connectivity index (χ1n) is 7.29. The van der Waals surface area contributed by atoms with E-state index < -0.39 is 23.8 Å². The minimum Gasteiger partial charge on any atom is -0.453 e. The van der Waals surface area contributed by atoms with E-state index in [4.69, 9.17) is 4.74 Å². The number of thiophene rings is 1. The Bertz CT molecular complexity index is 730. The molecule has 0 saturated heterocycles. The summed E-state index contributed by atoms with van der Waals surface area (Å²) < 4.78 is 18.4. The van der Waals surface area contributed by atoms with Gasteiger partial charge < -0.3 is 10.1 Å². The van der Waals surface area contributed by atoms with Crippen molar-refractivity contribution < 1.29 is 23.5 Å². The summed E-state index contributed by atoms with van der Waals surface area (Å²) in [5.74, 6) is -2.02. The standard InChI is InChI=1S/C17H16FNO4S/c1-11(17(22)19-13-6-3-2-5-12(13)18)23-16(21)9-8-14(20)15-7-4-10-24-15/h2-7,10-11H,8-9H2,1H3,(H,19,22)/t11-/m0/s1. The Balaban J connectivity index is 1.79. The largest absolute Gasteiger partial charge is 0.453 e. The normalized spacial score (nSPS) is 11.6. The van der Waals surface area contributed by atoms with Crippen molar-refractivity contribution >= 4 is 34.7 Å². The Kier molecular flexibility index (Phi) is 6.20. The van der Waals surface area contributed by atoms with Gasteiger partial charge in [-0.15, -0.1) is 11.3 Å². The lowest BCUT2D eigenvalue weighted by Gasteiger charge is -2.13. The van der Waals surface area contributed by atoms with Crippen LogP contribution in [0.4, 0.5) is 10.1 Å². The first-order chi connectivity index (χ1) is 11.5. The number of nitrogens with one attached hydrogen (secondary N) is 1. The fourth-order valence-corrected chi connectivity index (χ4v) is 2.58. The molecule has 24 heavy (non-hydrogen) atoms. The van der Waals surface area contributed by atoms with Crippen LogP contribution in [0.2, 0.25) is 0 Å². The minimum absolute atomic E-state index is 0.0123. The molecule has 2 rings (SSSR count). The number of hydrogen-bond donors (Lipinski definition) is 1. The molecular formula is C17H16FNO4S. The molecule has 7 heteroatoms. The summed E-state index contributed by atoms with van der Waals surface area (Å²) in [7, 11) is 0. The van der Waals surface area contributed by atoms with Crippen molar-refractivity contribution in [3.63, 3.8) is 0 Å². The van der Waals surface area contributed by atoms with Crippen molar-refractivity contribution in [3.05, 3.63) is 52.5 Å². The summed E-state index contributed by atoms with van der Waals surface area (Å²) >= 11 is 1.30. The zero-order valence-electron chi connectivity index (χ0n) is 13.0. The van der Waals surface area contributed by atoms with E-state index in [9.17, 15) is 18.8 Å². The van der Waals surface area contributed by atoms with Crippen LogP contribution in [0.1, 0.15) is 29.4 Å². The van der Waals surface area contributed by atoms with Gasteiger partial charge in [-0.3, -0.25) is 14.4 Å². The van der Waals surface area contributed by atoms with E-state index in [1.807, 2.05) is 0 Å². The second kappa shape index (κ2) is 8.35. The topological polar surface area (TPSA) is 72.5 Å². The van der Waals surface area contributed by atoms with Crippen LogP contribution in [-0.4, -0.2) is 23.8 Å². The Morgan fingerprint density at radius 3 is 2.58 bits per heavy atom. The number of benzene rings is 1. The molecule has 5 nitrogen and oxygen atoms in total. The molecule has 0 aliphatic carbocycles. The maximum atomic E-state index is 13.5. The number of hydrogen-bond acceptors (Lipinski definition) is 5. The number of ketones is 1. The highest BCUT2D eigenvalue weighted by atomic mass is 32.1. The summed E-state index contributed by atoms with van der Waals surface area (Å²) in [5.41, 5.74) is 0.0123. The lowest BCUT2D eigenvalue weighted by molar-refractivity contribution is -0.153. The first kappa shape index (κ1) is 17.8. The second-order valence-corrected chi connectivity index (χ2v) is 5.95. The quantitative estimate of drug-likeness (QED) is 0.614. The fraction of sp³-hybridized carbons (Fsp3) is 0.235. The third kappa shape index (κ3) is 4.99. The van der Waals surface area contributed by atoms with Crippen molar-refractivity contribution in [3.8, 4) is 0 Å². The molecule has 1 N–H and O–H groups in total. The van der Waals surface area contributed by atoms with Crippen LogP contribution in [0.15, 0.2) is 41.8 Å². The lowest BCUT2D eigenvalue weighted by atomic mass is 10.2. The Hall–Kier alpha value is -2.54. The van der Waals surface area contributed by atoms with Crippen LogP contribution < -0.4 is 5.32 Å². The second-order valence-electron chi connectivity index (χ2n) is 5.00. The number of ether oxygens (including phenoxy) is 1. The molecule has 1 atom stereocenters. The minimum atomic E-state index is -1.09. The van der Waals surface area contributed by atoms with Gasteiger partial charge in [-0.2, -0.15) is 0 Å². The summed E-state index contributed by atoms with van der Waals surface area (Å²) in [5, 5.41) is 4.12. The van der Waals surface area contributed by atoms with Crippen LogP contribution in [-0.2, 0) is 14.3 Å². The SMILES string of the molecule is C[C@H](OC(=O)CCC(=O)c1cccs1)C(=O)Nc1ccccc1F. The van der Waals surface area contributed by atoms with Gasteiger partial charge in [0.25, 0.3) is 5.91 Å². The molecular weight excluding hydrogens is 333 g/mol. The number of carbonyl (C=O) groups excluding carboxylic acids is 3. The summed E-state index contributed by atoms with van der Waals surface area (Å²) in [4.78, 5) is 36.0. The molecule has 2 aromatic rings. The summed E-state index contributed by atoms with van der Waals surface area (Å²) in [6.45, 7) is 1.38. The molecule has 0 aliphatic heterocycles. The summed E-state index contributed by atoms with van der Waals surface area (Å²) in [6.07, 6.45) is -1.19. The number of esters is 1. The zero-order valence-corrected chi connectivity index (χ0v) is 13.8. The van der Waals surface area contributed by atoms with Crippen LogP contribution >= 0.6 is 11.3 Å². The van der Waals surface area contributed by atoms with E-state index in [0.717, 1.165) is 0 Å². The van der Waals surface area contributed by atoms with Crippen molar-refractivity contribution in [2.75, 3.05) is 5.32 Å². The zero-order chi connectivity index (χ0) is 17.5. The van der Waals surface area contributed by atoms with Crippen molar-refractivity contribution in [1.29, 1.82) is 0 Å². The van der Waals surface area contributed by atoms with Gasteiger partial charge in [-0.1, -0.05) is 18.2 Å². The van der Waals surface area contributed by atoms with Gasteiger partial charge in [-0.25, -0.2) is 4.39 Å². The highest BCUT2D eigenvalue weighted by molar-refractivity contribution is 7.12. The van der Waals surface area contributed by atoms with Gasteiger partial charge in [0.2, 0.25) is 0 Å². The molecule has 0 spiro atoms. The van der Waals surface area contributed by atoms with Crippen LogP contribution in [0, 0.1) is 5.82 Å². The van der Waals surface area contributed by atoms with Crippen LogP contribution in [0.3, 0.4) is 0 Å². The third-order valence-corrected chi connectivity index (χ3v) is 4.07. The molecule has 1 aromatic heterocycles. The van der Waals surface area contributed by atoms with Gasteiger partial charge in [0.05, 0.1) is 17.0 Å². The predicted molar refractivity (Wildman–Crippen MR) is 88.5 cm³/mol. The lowest BCUT2D eigenvalue weighted by Crippen LogP contribution is -2.30. The molecule has 0 saturated carbocycles. The van der Waals surface area contributed by atoms with E-state index >= 15 is 0 Å². The number of carbonyl (C=O) groups is 3. The molecule has 1 heterocycles.